The van der Waals surface area contributed by atoms with E-state index in [-0.39, 0.29) is 5.78 Å². The Morgan fingerprint density at radius 3 is 2.53 bits per heavy atom. The second-order valence-corrected chi connectivity index (χ2v) is 3.36. The maximum atomic E-state index is 11.7. The Bertz CT molecular complexity index is 306. The predicted octanol–water partition coefficient (Wildman–Crippen LogP) is 1.88. The van der Waals surface area contributed by atoms with Crippen molar-refractivity contribution in [2.45, 2.75) is 12.8 Å². The van der Waals surface area contributed by atoms with Crippen LogP contribution >= 0.6 is 0 Å². The van der Waals surface area contributed by atoms with E-state index in [4.69, 9.17) is 4.74 Å². The molecule has 0 unspecified atom stereocenters. The summed E-state index contributed by atoms with van der Waals surface area (Å²) in [6.45, 7) is 0.877. The minimum Gasteiger partial charge on any atom is -0.497 e. The van der Waals surface area contributed by atoms with Gasteiger partial charge in [0, 0.05) is 12.0 Å². The first kappa shape index (κ1) is 11.7. The lowest BCUT2D eigenvalue weighted by molar-refractivity contribution is 0.0980. The quantitative estimate of drug-likeness (QED) is 0.571. The summed E-state index contributed by atoms with van der Waals surface area (Å²) in [5.41, 5.74) is 0.756. The smallest absolute Gasteiger partial charge is 0.162 e. The normalized spacial score (nSPS) is 10.0. The minimum atomic E-state index is 0.188. The van der Waals surface area contributed by atoms with Crippen LogP contribution in [0, 0.1) is 0 Å². The lowest BCUT2D eigenvalue weighted by Gasteiger charge is -2.02. The Kier molecular flexibility index (Phi) is 4.84. The number of Topliss-reactive ketones (excluding diaryl/α,β-unsaturated/α-hetero) is 1. The van der Waals surface area contributed by atoms with Crippen molar-refractivity contribution in [2.75, 3.05) is 20.7 Å². The zero-order valence-corrected chi connectivity index (χ0v) is 9.25. The summed E-state index contributed by atoms with van der Waals surface area (Å²) < 4.78 is 5.03. The molecule has 1 aromatic carbocycles. The number of carbonyl (C=O) groups excluding carboxylic acids is 1. The Morgan fingerprint density at radius 1 is 1.33 bits per heavy atom. The minimum absolute atomic E-state index is 0.188. The molecular formula is C12H17NO2. The highest BCUT2D eigenvalue weighted by Crippen LogP contribution is 2.13. The highest BCUT2D eigenvalue weighted by molar-refractivity contribution is 5.96. The van der Waals surface area contributed by atoms with Gasteiger partial charge in [-0.15, -0.1) is 0 Å². The monoisotopic (exact) mass is 207 g/mol. The molecule has 0 aliphatic carbocycles. The average molecular weight is 207 g/mol. The van der Waals surface area contributed by atoms with E-state index in [1.807, 2.05) is 19.2 Å². The van der Waals surface area contributed by atoms with Gasteiger partial charge in [0.05, 0.1) is 7.11 Å². The number of hydrogen-bond acceptors (Lipinski definition) is 3. The van der Waals surface area contributed by atoms with Crippen LogP contribution in [0.4, 0.5) is 0 Å². The van der Waals surface area contributed by atoms with E-state index in [2.05, 4.69) is 5.32 Å². The fourth-order valence-corrected chi connectivity index (χ4v) is 1.35. The van der Waals surface area contributed by atoms with Crippen LogP contribution in [0.5, 0.6) is 5.75 Å². The zero-order chi connectivity index (χ0) is 11.1. The van der Waals surface area contributed by atoms with Gasteiger partial charge in [-0.1, -0.05) is 0 Å². The van der Waals surface area contributed by atoms with Gasteiger partial charge in [-0.3, -0.25) is 4.79 Å². The summed E-state index contributed by atoms with van der Waals surface area (Å²) in [5.74, 6) is 0.967. The Balaban J connectivity index is 2.50. The molecule has 15 heavy (non-hydrogen) atoms. The van der Waals surface area contributed by atoms with Crippen molar-refractivity contribution in [1.82, 2.24) is 5.32 Å². The number of carbonyl (C=O) groups is 1. The van der Waals surface area contributed by atoms with Crippen molar-refractivity contribution in [1.29, 1.82) is 0 Å². The summed E-state index contributed by atoms with van der Waals surface area (Å²) in [5, 5.41) is 3.02. The first-order valence-corrected chi connectivity index (χ1v) is 5.09. The van der Waals surface area contributed by atoms with E-state index in [1.54, 1.807) is 19.2 Å². The predicted molar refractivity (Wildman–Crippen MR) is 60.5 cm³/mol. The third-order valence-electron chi connectivity index (χ3n) is 2.24. The molecule has 1 rings (SSSR count). The van der Waals surface area contributed by atoms with Crippen LogP contribution in [0.25, 0.3) is 0 Å². The second kappa shape index (κ2) is 6.19. The number of benzene rings is 1. The van der Waals surface area contributed by atoms with Crippen LogP contribution in [0.15, 0.2) is 24.3 Å². The van der Waals surface area contributed by atoms with Gasteiger partial charge < -0.3 is 10.1 Å². The molecule has 0 aliphatic rings. The fraction of sp³-hybridized carbons (Fsp3) is 0.417. The van der Waals surface area contributed by atoms with Gasteiger partial charge in [0.1, 0.15) is 5.75 Å². The lowest BCUT2D eigenvalue weighted by Crippen LogP contribution is -2.10. The molecule has 0 amide bonds. The molecule has 0 heterocycles. The second-order valence-electron chi connectivity index (χ2n) is 3.36. The average Bonchev–Trinajstić information content (AvgIpc) is 2.29. The molecule has 82 valence electrons. The van der Waals surface area contributed by atoms with Crippen molar-refractivity contribution in [2.24, 2.45) is 0 Å². The first-order valence-electron chi connectivity index (χ1n) is 5.09. The van der Waals surface area contributed by atoms with Crippen molar-refractivity contribution in [3.8, 4) is 5.75 Å². The van der Waals surface area contributed by atoms with Crippen molar-refractivity contribution in [3.05, 3.63) is 29.8 Å². The molecule has 0 aromatic heterocycles. The van der Waals surface area contributed by atoms with E-state index in [1.165, 1.54) is 0 Å². The van der Waals surface area contributed by atoms with Gasteiger partial charge in [-0.2, -0.15) is 0 Å². The number of nitrogens with one attached hydrogen (secondary N) is 1. The summed E-state index contributed by atoms with van der Waals surface area (Å²) in [6.07, 6.45) is 1.47. The number of ether oxygens (including phenoxy) is 1. The van der Waals surface area contributed by atoms with Gasteiger partial charge in [0.15, 0.2) is 5.78 Å². The van der Waals surface area contributed by atoms with Gasteiger partial charge in [-0.05, 0) is 44.3 Å². The highest BCUT2D eigenvalue weighted by Gasteiger charge is 2.04. The number of methoxy groups -OCH3 is 1. The number of rotatable bonds is 6. The molecule has 0 saturated heterocycles. The lowest BCUT2D eigenvalue weighted by atomic mass is 10.1. The highest BCUT2D eigenvalue weighted by atomic mass is 16.5. The molecule has 1 N–H and O–H groups in total. The van der Waals surface area contributed by atoms with Crippen molar-refractivity contribution in [3.63, 3.8) is 0 Å². The summed E-state index contributed by atoms with van der Waals surface area (Å²) >= 11 is 0. The third kappa shape index (κ3) is 3.72. The number of hydrogen-bond donors (Lipinski definition) is 1. The Morgan fingerprint density at radius 2 is 2.00 bits per heavy atom. The van der Waals surface area contributed by atoms with Crippen LogP contribution in [0.1, 0.15) is 23.2 Å². The molecule has 0 bridgehead atoms. The van der Waals surface area contributed by atoms with E-state index in [0.717, 1.165) is 24.3 Å². The largest absolute Gasteiger partial charge is 0.497 e. The first-order chi connectivity index (χ1) is 7.27. The Hall–Kier alpha value is -1.35. The van der Waals surface area contributed by atoms with Crippen LogP contribution in [0.2, 0.25) is 0 Å². The molecule has 0 aliphatic heterocycles. The van der Waals surface area contributed by atoms with Gasteiger partial charge >= 0.3 is 0 Å². The molecule has 3 heteroatoms. The van der Waals surface area contributed by atoms with Gasteiger partial charge in [-0.25, -0.2) is 0 Å². The third-order valence-corrected chi connectivity index (χ3v) is 2.24. The zero-order valence-electron chi connectivity index (χ0n) is 9.25. The van der Waals surface area contributed by atoms with Crippen molar-refractivity contribution >= 4 is 5.78 Å². The molecule has 3 nitrogen and oxygen atoms in total. The van der Waals surface area contributed by atoms with Crippen LogP contribution in [-0.2, 0) is 0 Å². The molecule has 1 aromatic rings. The number of ketones is 1. The van der Waals surface area contributed by atoms with Gasteiger partial charge in [0.25, 0.3) is 0 Å². The van der Waals surface area contributed by atoms with Crippen LogP contribution < -0.4 is 10.1 Å². The summed E-state index contributed by atoms with van der Waals surface area (Å²) in [4.78, 5) is 11.7. The fourth-order valence-electron chi connectivity index (χ4n) is 1.35. The van der Waals surface area contributed by atoms with E-state index in [9.17, 15) is 4.79 Å². The maximum absolute atomic E-state index is 11.7. The van der Waals surface area contributed by atoms with Crippen molar-refractivity contribution < 1.29 is 9.53 Å². The molecule has 0 spiro atoms. The van der Waals surface area contributed by atoms with Crippen LogP contribution in [0.3, 0.4) is 0 Å². The molecule has 0 fully saturated rings. The standard InChI is InChI=1S/C12H17NO2/c1-13-9-3-4-12(14)10-5-7-11(15-2)8-6-10/h5-8,13H,3-4,9H2,1-2H3. The van der Waals surface area contributed by atoms with E-state index >= 15 is 0 Å². The van der Waals surface area contributed by atoms with E-state index in [0.29, 0.717) is 6.42 Å². The summed E-state index contributed by atoms with van der Waals surface area (Å²) in [6, 6.07) is 7.23. The maximum Gasteiger partial charge on any atom is 0.162 e. The van der Waals surface area contributed by atoms with Gasteiger partial charge in [0.2, 0.25) is 0 Å². The Labute approximate surface area is 90.4 Å². The molecule has 0 saturated carbocycles. The molecule has 0 radical (unpaired) electrons. The summed E-state index contributed by atoms with van der Waals surface area (Å²) in [7, 11) is 3.50. The molecule has 0 atom stereocenters. The van der Waals surface area contributed by atoms with Crippen LogP contribution in [-0.4, -0.2) is 26.5 Å². The van der Waals surface area contributed by atoms with E-state index < -0.39 is 0 Å². The SMILES string of the molecule is CNCCCC(=O)c1ccc(OC)cc1. The topological polar surface area (TPSA) is 38.3 Å². The molecular weight excluding hydrogens is 190 g/mol.